The first-order valence-corrected chi connectivity index (χ1v) is 8.87. The van der Waals surface area contributed by atoms with Crippen LogP contribution in [0.25, 0.3) is 0 Å². The number of rotatable bonds is 7. The molecule has 128 valence electrons. The van der Waals surface area contributed by atoms with Crippen LogP contribution in [0.3, 0.4) is 0 Å². The number of furan rings is 1. The second kappa shape index (κ2) is 7.63. The van der Waals surface area contributed by atoms with Crippen molar-refractivity contribution in [1.29, 1.82) is 0 Å². The van der Waals surface area contributed by atoms with E-state index in [9.17, 15) is 9.59 Å². The van der Waals surface area contributed by atoms with Crippen molar-refractivity contribution in [1.82, 2.24) is 0 Å². The molecule has 0 bridgehead atoms. The summed E-state index contributed by atoms with van der Waals surface area (Å²) < 4.78 is 10.1. The Balaban J connectivity index is 1.55. The standard InChI is InChI=1S/C17H20N2O4S/c1-22-17(21)15-12-5-2-6-13(12)24-16(15)19-14(20)7-8-18-10-11-4-3-9-23-11/h3-4,9,18H,2,5-8,10H2,1H3,(H,19,20)/p+1. The van der Waals surface area contributed by atoms with Crippen molar-refractivity contribution < 1.29 is 24.1 Å². The van der Waals surface area contributed by atoms with E-state index in [1.165, 1.54) is 23.3 Å². The lowest BCUT2D eigenvalue weighted by molar-refractivity contribution is -0.671. The Hall–Kier alpha value is -2.12. The van der Waals surface area contributed by atoms with E-state index in [4.69, 9.17) is 9.15 Å². The van der Waals surface area contributed by atoms with Crippen LogP contribution in [0.1, 0.15) is 39.4 Å². The second-order valence-electron chi connectivity index (χ2n) is 5.71. The van der Waals surface area contributed by atoms with Crippen LogP contribution >= 0.6 is 11.3 Å². The molecule has 3 N–H and O–H groups in total. The molecule has 1 amide bonds. The molecule has 0 radical (unpaired) electrons. The lowest BCUT2D eigenvalue weighted by Crippen LogP contribution is -2.82. The Labute approximate surface area is 144 Å². The number of ether oxygens (including phenoxy) is 1. The summed E-state index contributed by atoms with van der Waals surface area (Å²) in [6.07, 6.45) is 4.92. The molecule has 6 nitrogen and oxygen atoms in total. The number of carbonyl (C=O) groups excluding carboxylic acids is 2. The van der Waals surface area contributed by atoms with Gasteiger partial charge in [-0.1, -0.05) is 0 Å². The number of hydrogen-bond acceptors (Lipinski definition) is 5. The van der Waals surface area contributed by atoms with Gasteiger partial charge in [0.15, 0.2) is 5.76 Å². The van der Waals surface area contributed by atoms with E-state index < -0.39 is 0 Å². The van der Waals surface area contributed by atoms with Crippen molar-refractivity contribution in [3.8, 4) is 0 Å². The number of aryl methyl sites for hydroxylation is 1. The number of carbonyl (C=O) groups is 2. The zero-order valence-corrected chi connectivity index (χ0v) is 14.4. The maximum Gasteiger partial charge on any atom is 0.341 e. The van der Waals surface area contributed by atoms with Gasteiger partial charge in [0.05, 0.1) is 31.9 Å². The van der Waals surface area contributed by atoms with Gasteiger partial charge in [-0.25, -0.2) is 4.79 Å². The Morgan fingerprint density at radius 2 is 2.29 bits per heavy atom. The maximum atomic E-state index is 12.2. The molecule has 7 heteroatoms. The number of nitrogens with one attached hydrogen (secondary N) is 1. The Bertz CT molecular complexity index is 721. The zero-order valence-electron chi connectivity index (χ0n) is 13.6. The third kappa shape index (κ3) is 3.68. The third-order valence-electron chi connectivity index (χ3n) is 4.06. The fraction of sp³-hybridized carbons (Fsp3) is 0.412. The van der Waals surface area contributed by atoms with E-state index in [0.717, 1.165) is 30.6 Å². The molecule has 0 aromatic carbocycles. The highest BCUT2D eigenvalue weighted by molar-refractivity contribution is 7.17. The van der Waals surface area contributed by atoms with Gasteiger partial charge in [-0.15, -0.1) is 11.3 Å². The number of fused-ring (bicyclic) bond motifs is 1. The van der Waals surface area contributed by atoms with Crippen LogP contribution in [-0.2, 0) is 28.9 Å². The molecule has 3 rings (SSSR count). The molecule has 2 heterocycles. The Morgan fingerprint density at radius 3 is 3.04 bits per heavy atom. The lowest BCUT2D eigenvalue weighted by atomic mass is 10.1. The SMILES string of the molecule is COC(=O)c1c(NC(=O)CC[NH2+]Cc2ccco2)sc2c1CCC2. The molecule has 0 spiro atoms. The number of nitrogens with two attached hydrogens (primary N) is 1. The highest BCUT2D eigenvalue weighted by Gasteiger charge is 2.27. The van der Waals surface area contributed by atoms with Crippen LogP contribution in [0, 0.1) is 0 Å². The van der Waals surface area contributed by atoms with Crippen molar-refractivity contribution >= 4 is 28.2 Å². The van der Waals surface area contributed by atoms with E-state index in [1.54, 1.807) is 6.26 Å². The molecular weight excluding hydrogens is 328 g/mol. The van der Waals surface area contributed by atoms with Gasteiger partial charge in [-0.3, -0.25) is 4.79 Å². The second-order valence-corrected chi connectivity index (χ2v) is 6.82. The number of thiophene rings is 1. The molecule has 2 aromatic heterocycles. The van der Waals surface area contributed by atoms with Crippen molar-refractivity contribution in [2.45, 2.75) is 32.2 Å². The molecule has 2 aromatic rings. The summed E-state index contributed by atoms with van der Waals surface area (Å²) in [6.45, 7) is 1.37. The molecule has 0 saturated heterocycles. The molecule has 0 unspecified atom stereocenters. The van der Waals surface area contributed by atoms with Crippen molar-refractivity contribution in [2.24, 2.45) is 0 Å². The van der Waals surface area contributed by atoms with E-state index in [1.807, 2.05) is 17.4 Å². The molecule has 0 aliphatic heterocycles. The van der Waals surface area contributed by atoms with Crippen molar-refractivity contribution in [2.75, 3.05) is 19.0 Å². The smallest absolute Gasteiger partial charge is 0.341 e. The van der Waals surface area contributed by atoms with Crippen LogP contribution in [-0.4, -0.2) is 25.5 Å². The number of esters is 1. The number of hydrogen-bond donors (Lipinski definition) is 2. The minimum atomic E-state index is -0.367. The number of anilines is 1. The number of quaternary nitrogens is 1. The predicted octanol–water partition coefficient (Wildman–Crippen LogP) is 1.71. The first-order chi connectivity index (χ1) is 11.7. The average Bonchev–Trinajstić information content (AvgIpc) is 3.28. The summed E-state index contributed by atoms with van der Waals surface area (Å²) in [7, 11) is 1.37. The average molecular weight is 349 g/mol. The molecule has 24 heavy (non-hydrogen) atoms. The van der Waals surface area contributed by atoms with Gasteiger partial charge in [0.2, 0.25) is 5.91 Å². The summed E-state index contributed by atoms with van der Waals surface area (Å²) in [6, 6.07) is 3.76. The van der Waals surface area contributed by atoms with Crippen LogP contribution in [0.4, 0.5) is 5.00 Å². The van der Waals surface area contributed by atoms with Crippen LogP contribution < -0.4 is 10.6 Å². The van der Waals surface area contributed by atoms with Crippen molar-refractivity contribution in [3.63, 3.8) is 0 Å². The third-order valence-corrected chi connectivity index (χ3v) is 5.27. The fourth-order valence-electron chi connectivity index (χ4n) is 2.91. The first-order valence-electron chi connectivity index (χ1n) is 8.05. The Kier molecular flexibility index (Phi) is 5.32. The summed E-state index contributed by atoms with van der Waals surface area (Å²) in [4.78, 5) is 25.4. The van der Waals surface area contributed by atoms with E-state index in [0.29, 0.717) is 30.1 Å². The van der Waals surface area contributed by atoms with Crippen LogP contribution in [0.2, 0.25) is 0 Å². The summed E-state index contributed by atoms with van der Waals surface area (Å²) in [5.41, 5.74) is 1.59. The molecular formula is C17H21N2O4S+. The first kappa shape index (κ1) is 16.7. The van der Waals surface area contributed by atoms with Crippen molar-refractivity contribution in [3.05, 3.63) is 40.2 Å². The molecule has 1 aliphatic carbocycles. The monoisotopic (exact) mass is 349 g/mol. The minimum absolute atomic E-state index is 0.0872. The highest BCUT2D eigenvalue weighted by atomic mass is 32.1. The Morgan fingerprint density at radius 1 is 1.42 bits per heavy atom. The van der Waals surface area contributed by atoms with E-state index in [-0.39, 0.29) is 11.9 Å². The topological polar surface area (TPSA) is 85.1 Å². The van der Waals surface area contributed by atoms with E-state index in [2.05, 4.69) is 5.32 Å². The van der Waals surface area contributed by atoms with Crippen LogP contribution in [0.5, 0.6) is 0 Å². The van der Waals surface area contributed by atoms with Gasteiger partial charge >= 0.3 is 5.97 Å². The maximum absolute atomic E-state index is 12.2. The lowest BCUT2D eigenvalue weighted by Gasteiger charge is -2.06. The summed E-state index contributed by atoms with van der Waals surface area (Å²) >= 11 is 1.50. The molecule has 0 atom stereocenters. The minimum Gasteiger partial charge on any atom is -0.465 e. The quantitative estimate of drug-likeness (QED) is 0.589. The van der Waals surface area contributed by atoms with Gasteiger partial charge in [-0.05, 0) is 37.0 Å². The number of amides is 1. The largest absolute Gasteiger partial charge is 0.465 e. The van der Waals surface area contributed by atoms with Crippen LogP contribution in [0.15, 0.2) is 22.8 Å². The fourth-order valence-corrected chi connectivity index (χ4v) is 4.20. The number of methoxy groups -OCH3 is 1. The van der Waals surface area contributed by atoms with E-state index >= 15 is 0 Å². The predicted molar refractivity (Wildman–Crippen MR) is 90.1 cm³/mol. The van der Waals surface area contributed by atoms with Gasteiger partial charge in [0.25, 0.3) is 0 Å². The van der Waals surface area contributed by atoms with Gasteiger partial charge in [0.1, 0.15) is 11.5 Å². The molecule has 0 saturated carbocycles. The van der Waals surface area contributed by atoms with Gasteiger partial charge < -0.3 is 19.8 Å². The molecule has 1 aliphatic rings. The summed E-state index contributed by atoms with van der Waals surface area (Å²) in [5.74, 6) is 0.433. The zero-order chi connectivity index (χ0) is 16.9. The normalized spacial score (nSPS) is 12.9. The van der Waals surface area contributed by atoms with Gasteiger partial charge in [0, 0.05) is 4.88 Å². The summed E-state index contributed by atoms with van der Waals surface area (Å²) in [5, 5.41) is 5.53. The highest BCUT2D eigenvalue weighted by Crippen LogP contribution is 2.39. The van der Waals surface area contributed by atoms with Gasteiger partial charge in [-0.2, -0.15) is 0 Å². The molecule has 0 fully saturated rings.